The number of hydrogen-bond acceptors (Lipinski definition) is 0. The van der Waals surface area contributed by atoms with Gasteiger partial charge in [0.25, 0.3) is 0 Å². The quantitative estimate of drug-likeness (QED) is 0.188. The highest BCUT2D eigenvalue weighted by Gasteiger charge is 2.31. The highest BCUT2D eigenvalue weighted by atomic mass is 14.3. The molecule has 0 amide bonds. The maximum absolute atomic E-state index is 2.39. The van der Waals surface area contributed by atoms with Crippen LogP contribution in [0, 0.1) is 6.92 Å². The maximum atomic E-state index is 2.39. The van der Waals surface area contributed by atoms with Crippen LogP contribution in [0.4, 0.5) is 0 Å². The first-order chi connectivity index (χ1) is 22.7. The van der Waals surface area contributed by atoms with Gasteiger partial charge < -0.3 is 0 Å². The predicted molar refractivity (Wildman–Crippen MR) is 198 cm³/mol. The highest BCUT2D eigenvalue weighted by Crippen LogP contribution is 2.58. The van der Waals surface area contributed by atoms with Crippen LogP contribution in [0.5, 0.6) is 0 Å². The first kappa shape index (κ1) is 26.9. The molecule has 8 aromatic rings. The van der Waals surface area contributed by atoms with Gasteiger partial charge in [0.2, 0.25) is 0 Å². The molecule has 9 rings (SSSR count). The Morgan fingerprint density at radius 3 is 1.67 bits per heavy atom. The molecule has 0 spiro atoms. The summed E-state index contributed by atoms with van der Waals surface area (Å²) in [5.41, 5.74) is 15.8. The molecule has 0 bridgehead atoms. The average Bonchev–Trinajstić information content (AvgIpc) is 3.43. The second-order valence-electron chi connectivity index (χ2n) is 12.8. The van der Waals surface area contributed by atoms with Crippen molar-refractivity contribution in [2.75, 3.05) is 0 Å². The van der Waals surface area contributed by atoms with E-state index < -0.39 is 0 Å². The fourth-order valence-corrected chi connectivity index (χ4v) is 7.86. The number of fused-ring (bicyclic) bond motifs is 5. The summed E-state index contributed by atoms with van der Waals surface area (Å²) in [5.74, 6) is 0. The van der Waals surface area contributed by atoms with E-state index in [1.54, 1.807) is 0 Å². The van der Waals surface area contributed by atoms with Crippen molar-refractivity contribution < 1.29 is 0 Å². The minimum Gasteiger partial charge on any atom is -0.0651 e. The van der Waals surface area contributed by atoms with Crippen LogP contribution in [0.3, 0.4) is 0 Å². The molecule has 218 valence electrons. The van der Waals surface area contributed by atoms with Gasteiger partial charge in [-0.1, -0.05) is 158 Å². The summed E-state index contributed by atoms with van der Waals surface area (Å²) in [6.07, 6.45) is 2.26. The largest absolute Gasteiger partial charge is 0.0651 e. The molecular weight excluding hydrogens is 553 g/mol. The zero-order chi connectivity index (χ0) is 30.8. The molecule has 8 aromatic carbocycles. The van der Waals surface area contributed by atoms with Crippen LogP contribution < -0.4 is 0 Å². The molecule has 1 aliphatic rings. The number of aryl methyl sites for hydroxylation is 2. The Bertz CT molecular complexity index is 2460. The molecule has 0 heteroatoms. The second-order valence-corrected chi connectivity index (χ2v) is 12.8. The lowest BCUT2D eigenvalue weighted by molar-refractivity contribution is 0.922. The van der Waals surface area contributed by atoms with Crippen molar-refractivity contribution in [1.29, 1.82) is 0 Å². The molecule has 46 heavy (non-hydrogen) atoms. The van der Waals surface area contributed by atoms with E-state index in [0.29, 0.717) is 0 Å². The Morgan fingerprint density at radius 1 is 0.413 bits per heavy atom. The van der Waals surface area contributed by atoms with Gasteiger partial charge in [-0.2, -0.15) is 0 Å². The molecule has 0 nitrogen and oxygen atoms in total. The van der Waals surface area contributed by atoms with E-state index in [0.717, 1.165) is 12.8 Å². The fourth-order valence-electron chi connectivity index (χ4n) is 7.86. The third-order valence-corrected chi connectivity index (χ3v) is 9.98. The van der Waals surface area contributed by atoms with Gasteiger partial charge in [-0.15, -0.1) is 0 Å². The highest BCUT2D eigenvalue weighted by molar-refractivity contribution is 6.28. The van der Waals surface area contributed by atoms with Crippen molar-refractivity contribution in [1.82, 2.24) is 0 Å². The smallest absolute Gasteiger partial charge is 0.000741 e. The van der Waals surface area contributed by atoms with Gasteiger partial charge in [-0.05, 0) is 113 Å². The van der Waals surface area contributed by atoms with E-state index >= 15 is 0 Å². The molecule has 0 saturated carbocycles. The molecule has 0 atom stereocenters. The van der Waals surface area contributed by atoms with Crippen LogP contribution in [-0.2, 0) is 6.42 Å². The molecule has 0 fully saturated rings. The van der Waals surface area contributed by atoms with Crippen molar-refractivity contribution in [2.24, 2.45) is 0 Å². The van der Waals surface area contributed by atoms with Crippen molar-refractivity contribution >= 4 is 32.3 Å². The summed E-state index contributed by atoms with van der Waals surface area (Å²) >= 11 is 0. The van der Waals surface area contributed by atoms with Crippen LogP contribution in [0.1, 0.15) is 24.5 Å². The average molecular weight is 587 g/mol. The third-order valence-electron chi connectivity index (χ3n) is 9.98. The second kappa shape index (κ2) is 10.6. The van der Waals surface area contributed by atoms with Crippen molar-refractivity contribution in [2.45, 2.75) is 26.7 Å². The first-order valence-corrected chi connectivity index (χ1v) is 16.5. The summed E-state index contributed by atoms with van der Waals surface area (Å²) in [6.45, 7) is 4.42. The number of benzene rings is 8. The SMILES string of the molecule is CCCc1ccc(-c2c3c(c(-c4ccc(C)cc4)c4ccccc24)-c2ccc(-c4ccc5ccccc5c4)c4cccc-3c24)cc1. The fraction of sp³-hybridized carbons (Fsp3) is 0.0870. The van der Waals surface area contributed by atoms with Crippen molar-refractivity contribution in [3.63, 3.8) is 0 Å². The standard InChI is InChI=1S/C46H34/c1-3-9-30-18-22-33(23-19-30)43-39-13-7-6-12-38(39)42(32-20-16-29(2)17-21-32)46-41-27-26-36(37-14-8-15-40(44(37)41)45(43)46)35-25-24-31-10-4-5-11-34(31)28-35/h4-8,10-28H,3,9H2,1-2H3. The van der Waals surface area contributed by atoms with Crippen LogP contribution >= 0.6 is 0 Å². The summed E-state index contributed by atoms with van der Waals surface area (Å²) in [5, 5.41) is 7.82. The Balaban J connectivity index is 1.40. The Morgan fingerprint density at radius 2 is 0.978 bits per heavy atom. The van der Waals surface area contributed by atoms with Gasteiger partial charge in [-0.3, -0.25) is 0 Å². The lowest BCUT2D eigenvalue weighted by Crippen LogP contribution is -1.94. The maximum Gasteiger partial charge on any atom is -0.000741 e. The first-order valence-electron chi connectivity index (χ1n) is 16.5. The summed E-state index contributed by atoms with van der Waals surface area (Å²) < 4.78 is 0. The van der Waals surface area contributed by atoms with Gasteiger partial charge in [0, 0.05) is 0 Å². The van der Waals surface area contributed by atoms with Crippen molar-refractivity contribution in [3.8, 4) is 55.6 Å². The molecular formula is C46H34. The Hall–Kier alpha value is -5.46. The lowest BCUT2D eigenvalue weighted by atomic mass is 9.82. The predicted octanol–water partition coefficient (Wildman–Crippen LogP) is 13.1. The molecule has 0 radical (unpaired) electrons. The molecule has 0 aliphatic heterocycles. The van der Waals surface area contributed by atoms with Crippen LogP contribution in [-0.4, -0.2) is 0 Å². The van der Waals surface area contributed by atoms with Crippen LogP contribution in [0.15, 0.2) is 146 Å². The molecule has 1 aliphatic carbocycles. The van der Waals surface area contributed by atoms with Gasteiger partial charge in [0.15, 0.2) is 0 Å². The monoisotopic (exact) mass is 586 g/mol. The molecule has 0 N–H and O–H groups in total. The molecule has 0 aromatic heterocycles. The minimum absolute atomic E-state index is 1.10. The van der Waals surface area contributed by atoms with Crippen LogP contribution in [0.2, 0.25) is 0 Å². The van der Waals surface area contributed by atoms with Gasteiger partial charge in [-0.25, -0.2) is 0 Å². The topological polar surface area (TPSA) is 0 Å². The summed E-state index contributed by atoms with van der Waals surface area (Å²) in [4.78, 5) is 0. The zero-order valence-corrected chi connectivity index (χ0v) is 26.3. The summed E-state index contributed by atoms with van der Waals surface area (Å²) in [7, 11) is 0. The number of hydrogen-bond donors (Lipinski definition) is 0. The molecule has 0 unspecified atom stereocenters. The van der Waals surface area contributed by atoms with Crippen molar-refractivity contribution in [3.05, 3.63) is 157 Å². The zero-order valence-electron chi connectivity index (χ0n) is 26.3. The van der Waals surface area contributed by atoms with E-state index in [9.17, 15) is 0 Å². The van der Waals surface area contributed by atoms with E-state index in [1.807, 2.05) is 0 Å². The van der Waals surface area contributed by atoms with E-state index in [1.165, 1.54) is 99.1 Å². The molecule has 0 saturated heterocycles. The normalized spacial score (nSPS) is 11.9. The van der Waals surface area contributed by atoms with E-state index in [2.05, 4.69) is 159 Å². The van der Waals surface area contributed by atoms with E-state index in [4.69, 9.17) is 0 Å². The lowest BCUT2D eigenvalue weighted by Gasteiger charge is -2.20. The minimum atomic E-state index is 1.10. The Labute approximate surface area is 270 Å². The summed E-state index contributed by atoms with van der Waals surface area (Å²) in [6, 6.07) is 54.7. The van der Waals surface area contributed by atoms with Crippen LogP contribution in [0.25, 0.3) is 88.0 Å². The Kier molecular flexibility index (Phi) is 6.18. The molecule has 0 heterocycles. The van der Waals surface area contributed by atoms with Gasteiger partial charge in [0.05, 0.1) is 0 Å². The van der Waals surface area contributed by atoms with Gasteiger partial charge >= 0.3 is 0 Å². The number of rotatable bonds is 5. The third kappa shape index (κ3) is 4.07. The van der Waals surface area contributed by atoms with E-state index in [-0.39, 0.29) is 0 Å². The van der Waals surface area contributed by atoms with Gasteiger partial charge in [0.1, 0.15) is 0 Å².